The van der Waals surface area contributed by atoms with Crippen LogP contribution in [0.1, 0.15) is 0 Å². The lowest BCUT2D eigenvalue weighted by atomic mass is 9.93. The van der Waals surface area contributed by atoms with Crippen molar-refractivity contribution < 1.29 is 0 Å². The number of para-hydroxylation sites is 2. The number of hydrogen-bond donors (Lipinski definition) is 0. The molecule has 0 aliphatic rings. The minimum Gasteiger partial charge on any atom is -0.310 e. The highest BCUT2D eigenvalue weighted by atomic mass is 15.1. The third-order valence-corrected chi connectivity index (χ3v) is 13.2. The Morgan fingerprint density at radius 2 is 0.412 bits per heavy atom. The van der Waals surface area contributed by atoms with Gasteiger partial charge in [-0.05, 0) is 162 Å². The highest BCUT2D eigenvalue weighted by molar-refractivity contribution is 6.26. The van der Waals surface area contributed by atoms with Crippen LogP contribution in [0.2, 0.25) is 0 Å². The van der Waals surface area contributed by atoms with Crippen molar-refractivity contribution in [3.05, 3.63) is 279 Å². The molecule has 0 aliphatic carbocycles. The Balaban J connectivity index is 0.929. The van der Waals surface area contributed by atoms with Crippen molar-refractivity contribution in [2.75, 3.05) is 9.80 Å². The summed E-state index contributed by atoms with van der Waals surface area (Å²) in [4.78, 5) is 4.74. The lowest BCUT2D eigenvalue weighted by Gasteiger charge is -2.27. The van der Waals surface area contributed by atoms with Crippen LogP contribution in [0.5, 0.6) is 0 Å². The Bertz CT molecular complexity index is 3430. The normalized spacial score (nSPS) is 11.2. The molecule has 2 nitrogen and oxygen atoms in total. The maximum atomic E-state index is 2.38. The number of rotatable bonds is 10. The summed E-state index contributed by atoms with van der Waals surface area (Å²) in [5.74, 6) is 0. The number of nitrogens with zero attached hydrogens (tertiary/aromatic N) is 2. The Morgan fingerprint density at radius 3 is 0.779 bits per heavy atom. The van der Waals surface area contributed by atoms with Crippen LogP contribution < -0.4 is 9.80 Å². The molecule has 0 saturated heterocycles. The molecular weight excluding hydrogens is 821 g/mol. The Hall–Kier alpha value is -8.98. The Labute approximate surface area is 397 Å². The van der Waals surface area contributed by atoms with Gasteiger partial charge < -0.3 is 9.80 Å². The summed E-state index contributed by atoms with van der Waals surface area (Å²) in [6, 6.07) is 101. The van der Waals surface area contributed by atoms with Crippen molar-refractivity contribution in [1.82, 2.24) is 0 Å². The number of benzene rings is 12. The summed E-state index contributed by atoms with van der Waals surface area (Å²) in [5, 5.41) is 7.35. The van der Waals surface area contributed by atoms with Gasteiger partial charge in [-0.1, -0.05) is 194 Å². The number of hydrogen-bond acceptors (Lipinski definition) is 2. The molecule has 12 rings (SSSR count). The lowest BCUT2D eigenvalue weighted by molar-refractivity contribution is 1.29. The van der Waals surface area contributed by atoms with E-state index in [0.29, 0.717) is 0 Å². The van der Waals surface area contributed by atoms with E-state index in [4.69, 9.17) is 0 Å². The van der Waals surface area contributed by atoms with Gasteiger partial charge in [-0.25, -0.2) is 0 Å². The quantitative estimate of drug-likeness (QED) is 0.126. The fourth-order valence-corrected chi connectivity index (χ4v) is 9.88. The van der Waals surface area contributed by atoms with Gasteiger partial charge in [0.15, 0.2) is 0 Å². The molecular formula is C66H46N2. The molecule has 0 atom stereocenters. The van der Waals surface area contributed by atoms with Gasteiger partial charge in [0.2, 0.25) is 0 Å². The van der Waals surface area contributed by atoms with Gasteiger partial charge in [0.1, 0.15) is 0 Å². The van der Waals surface area contributed by atoms with Gasteiger partial charge in [-0.3, -0.25) is 0 Å². The van der Waals surface area contributed by atoms with Crippen molar-refractivity contribution >= 4 is 66.4 Å². The van der Waals surface area contributed by atoms with Gasteiger partial charge in [0.05, 0.1) is 0 Å². The van der Waals surface area contributed by atoms with Crippen molar-refractivity contribution in [2.45, 2.75) is 0 Å². The van der Waals surface area contributed by atoms with Crippen molar-refractivity contribution in [3.63, 3.8) is 0 Å². The summed E-state index contributed by atoms with van der Waals surface area (Å²) < 4.78 is 0. The summed E-state index contributed by atoms with van der Waals surface area (Å²) in [6.07, 6.45) is 0. The Morgan fingerprint density at radius 1 is 0.147 bits per heavy atom. The van der Waals surface area contributed by atoms with E-state index in [-0.39, 0.29) is 0 Å². The van der Waals surface area contributed by atoms with Crippen LogP contribution in [-0.4, -0.2) is 0 Å². The molecule has 0 unspecified atom stereocenters. The summed E-state index contributed by atoms with van der Waals surface area (Å²) in [5.41, 5.74) is 16.2. The molecule has 0 bridgehead atoms. The predicted octanol–water partition coefficient (Wildman–Crippen LogP) is 18.8. The molecule has 68 heavy (non-hydrogen) atoms. The van der Waals surface area contributed by atoms with Crippen LogP contribution in [0.4, 0.5) is 34.1 Å². The molecule has 0 amide bonds. The molecule has 0 spiro atoms. The van der Waals surface area contributed by atoms with E-state index in [1.165, 1.54) is 76.8 Å². The zero-order chi connectivity index (χ0) is 45.2. The first-order chi connectivity index (χ1) is 33.7. The lowest BCUT2D eigenvalue weighted by Crippen LogP contribution is -2.10. The highest BCUT2D eigenvalue weighted by Gasteiger charge is 2.19. The third kappa shape index (κ3) is 7.74. The average Bonchev–Trinajstić information content (AvgIpc) is 3.43. The van der Waals surface area contributed by atoms with Crippen molar-refractivity contribution in [1.29, 1.82) is 0 Å². The zero-order valence-electron chi connectivity index (χ0n) is 37.5. The fraction of sp³-hybridized carbons (Fsp3) is 0. The van der Waals surface area contributed by atoms with Crippen LogP contribution in [0.15, 0.2) is 279 Å². The van der Waals surface area contributed by atoms with Crippen molar-refractivity contribution in [3.8, 4) is 44.5 Å². The molecule has 0 aromatic heterocycles. The number of fused-ring (bicyclic) bond motifs is 6. The Kier molecular flexibility index (Phi) is 10.6. The maximum Gasteiger partial charge on any atom is 0.0468 e. The molecule has 12 aromatic carbocycles. The van der Waals surface area contributed by atoms with E-state index in [1.807, 2.05) is 0 Å². The first kappa shape index (κ1) is 40.5. The molecule has 320 valence electrons. The molecule has 0 aliphatic heterocycles. The summed E-state index contributed by atoms with van der Waals surface area (Å²) in [7, 11) is 0. The van der Waals surface area contributed by atoms with Crippen LogP contribution in [-0.2, 0) is 0 Å². The van der Waals surface area contributed by atoms with E-state index >= 15 is 0 Å². The van der Waals surface area contributed by atoms with E-state index in [9.17, 15) is 0 Å². The number of anilines is 6. The second-order valence-corrected chi connectivity index (χ2v) is 17.3. The van der Waals surface area contributed by atoms with Gasteiger partial charge in [0.25, 0.3) is 0 Å². The van der Waals surface area contributed by atoms with Crippen LogP contribution >= 0.6 is 0 Å². The first-order valence-corrected chi connectivity index (χ1v) is 23.3. The van der Waals surface area contributed by atoms with E-state index in [0.717, 1.165) is 34.1 Å². The standard InChI is InChI=1S/C66H46N2/c1-5-17-47(18-6-1)51-21-15-23-53(43-51)49-31-35-57(36-32-49)67(55-25-9-3-10-26-55)59-39-41-63-64-42-40-60(46-66(64)62-30-14-13-29-61(62)65(63)45-59)68(56-27-11-4-12-28-56)58-37-33-50(34-38-58)54-24-16-22-52(44-54)48-19-7-2-8-20-48/h1-46H. The molecule has 0 N–H and O–H groups in total. The van der Waals surface area contributed by atoms with E-state index in [1.54, 1.807) is 0 Å². The van der Waals surface area contributed by atoms with Crippen molar-refractivity contribution in [2.24, 2.45) is 0 Å². The second-order valence-electron chi connectivity index (χ2n) is 17.3. The van der Waals surface area contributed by atoms with Crippen LogP contribution in [0, 0.1) is 0 Å². The third-order valence-electron chi connectivity index (χ3n) is 13.2. The van der Waals surface area contributed by atoms with E-state index < -0.39 is 0 Å². The molecule has 0 radical (unpaired) electrons. The predicted molar refractivity (Wildman–Crippen MR) is 290 cm³/mol. The first-order valence-electron chi connectivity index (χ1n) is 23.3. The van der Waals surface area contributed by atoms with Crippen LogP contribution in [0.25, 0.3) is 76.8 Å². The molecule has 0 heterocycles. The summed E-state index contributed by atoms with van der Waals surface area (Å²) in [6.45, 7) is 0. The van der Waals surface area contributed by atoms with Gasteiger partial charge >= 0.3 is 0 Å². The minimum absolute atomic E-state index is 1.10. The SMILES string of the molecule is c1ccc(-c2cccc(-c3ccc(N(c4ccccc4)c4ccc5c6ccc(N(c7ccccc7)c7ccc(-c8cccc(-c9ccccc9)c8)cc7)cc6c6ccccc6c5c4)cc3)c2)cc1. The van der Waals surface area contributed by atoms with E-state index in [2.05, 4.69) is 289 Å². The average molecular weight is 867 g/mol. The second kappa shape index (κ2) is 17.8. The van der Waals surface area contributed by atoms with Gasteiger partial charge in [-0.15, -0.1) is 0 Å². The smallest absolute Gasteiger partial charge is 0.0468 e. The summed E-state index contributed by atoms with van der Waals surface area (Å²) >= 11 is 0. The monoisotopic (exact) mass is 866 g/mol. The topological polar surface area (TPSA) is 6.48 Å². The minimum atomic E-state index is 1.10. The largest absolute Gasteiger partial charge is 0.310 e. The molecule has 12 aromatic rings. The zero-order valence-corrected chi connectivity index (χ0v) is 37.5. The molecule has 2 heteroatoms. The molecule has 0 fully saturated rings. The van der Waals surface area contributed by atoms with Crippen LogP contribution in [0.3, 0.4) is 0 Å². The van der Waals surface area contributed by atoms with Gasteiger partial charge in [0, 0.05) is 34.1 Å². The fourth-order valence-electron chi connectivity index (χ4n) is 9.88. The highest BCUT2D eigenvalue weighted by Crippen LogP contribution is 2.44. The molecule has 0 saturated carbocycles. The maximum absolute atomic E-state index is 2.38. The van der Waals surface area contributed by atoms with Gasteiger partial charge in [-0.2, -0.15) is 0 Å².